The Morgan fingerprint density at radius 1 is 1.30 bits per heavy atom. The maximum Gasteiger partial charge on any atom is 0.271 e. The van der Waals surface area contributed by atoms with Crippen molar-refractivity contribution < 1.29 is 4.79 Å². The minimum absolute atomic E-state index is 0.0398. The molecule has 7 nitrogen and oxygen atoms in total. The minimum atomic E-state index is -0.0398. The van der Waals surface area contributed by atoms with Crippen LogP contribution in [-0.4, -0.2) is 49.7 Å². The third kappa shape index (κ3) is 4.24. The molecule has 1 atom stereocenters. The van der Waals surface area contributed by atoms with Gasteiger partial charge in [-0.1, -0.05) is 12.8 Å². The molecule has 1 aliphatic carbocycles. The van der Waals surface area contributed by atoms with Crippen molar-refractivity contribution in [2.75, 3.05) is 13.1 Å². The van der Waals surface area contributed by atoms with Crippen molar-refractivity contribution >= 4 is 5.91 Å². The Hall–Kier alpha value is -2.15. The summed E-state index contributed by atoms with van der Waals surface area (Å²) in [7, 11) is 0. The molecule has 1 saturated carbocycles. The number of amides is 1. The monoisotopic (exact) mass is 370 g/mol. The molecule has 0 spiro atoms. The molecule has 146 valence electrons. The van der Waals surface area contributed by atoms with E-state index in [9.17, 15) is 4.79 Å². The molecule has 2 fully saturated rings. The first kappa shape index (κ1) is 18.2. The average molecular weight is 371 g/mol. The highest BCUT2D eigenvalue weighted by atomic mass is 16.2. The summed E-state index contributed by atoms with van der Waals surface area (Å²) < 4.78 is 2.20. The topological polar surface area (TPSA) is 78.8 Å². The fraction of sp³-hybridized carbons (Fsp3) is 0.650. The van der Waals surface area contributed by atoms with Crippen molar-refractivity contribution in [3.05, 3.63) is 35.7 Å². The highest BCUT2D eigenvalue weighted by Gasteiger charge is 2.25. The highest BCUT2D eigenvalue weighted by Crippen LogP contribution is 2.27. The lowest BCUT2D eigenvalue weighted by atomic mass is 9.94. The second-order valence-corrected chi connectivity index (χ2v) is 7.87. The van der Waals surface area contributed by atoms with Crippen LogP contribution in [0.3, 0.4) is 0 Å². The van der Waals surface area contributed by atoms with E-state index in [2.05, 4.69) is 36.9 Å². The molecule has 1 aliphatic heterocycles. The van der Waals surface area contributed by atoms with Gasteiger partial charge in [-0.2, -0.15) is 5.10 Å². The SMILES string of the molecule is CCn1ccnc1CN1CCCC(c2cc(C(=O)NC3CCCC3)n[nH]2)C1. The van der Waals surface area contributed by atoms with E-state index in [0.29, 0.717) is 17.7 Å². The van der Waals surface area contributed by atoms with Crippen molar-refractivity contribution in [2.24, 2.45) is 0 Å². The van der Waals surface area contributed by atoms with Crippen molar-refractivity contribution in [1.82, 2.24) is 30.0 Å². The summed E-state index contributed by atoms with van der Waals surface area (Å²) in [6.07, 6.45) is 10.8. The van der Waals surface area contributed by atoms with E-state index in [4.69, 9.17) is 0 Å². The number of carbonyl (C=O) groups excluding carboxylic acids is 1. The first-order chi connectivity index (χ1) is 13.2. The van der Waals surface area contributed by atoms with Crippen molar-refractivity contribution in [2.45, 2.75) is 70.5 Å². The predicted octanol–water partition coefficient (Wildman–Crippen LogP) is 2.68. The molecule has 27 heavy (non-hydrogen) atoms. The fourth-order valence-electron chi connectivity index (χ4n) is 4.42. The Kier molecular flexibility index (Phi) is 5.57. The first-order valence-corrected chi connectivity index (χ1v) is 10.3. The number of aryl methyl sites for hydroxylation is 1. The van der Waals surface area contributed by atoms with Crippen LogP contribution in [0.5, 0.6) is 0 Å². The van der Waals surface area contributed by atoms with Crippen LogP contribution in [0.1, 0.15) is 73.4 Å². The van der Waals surface area contributed by atoms with E-state index < -0.39 is 0 Å². The van der Waals surface area contributed by atoms with Gasteiger partial charge in [0, 0.05) is 43.1 Å². The molecular weight excluding hydrogens is 340 g/mol. The number of likely N-dealkylation sites (tertiary alicyclic amines) is 1. The summed E-state index contributed by atoms with van der Waals surface area (Å²) in [6.45, 7) is 6.04. The van der Waals surface area contributed by atoms with E-state index in [0.717, 1.165) is 63.4 Å². The Balaban J connectivity index is 1.37. The summed E-state index contributed by atoms with van der Waals surface area (Å²) in [5, 5.41) is 10.5. The largest absolute Gasteiger partial charge is 0.348 e. The van der Waals surface area contributed by atoms with Crippen LogP contribution in [0.2, 0.25) is 0 Å². The molecule has 4 rings (SSSR count). The Bertz CT molecular complexity index is 760. The summed E-state index contributed by atoms with van der Waals surface area (Å²) in [4.78, 5) is 19.4. The zero-order valence-electron chi connectivity index (χ0n) is 16.2. The molecule has 2 aromatic heterocycles. The summed E-state index contributed by atoms with van der Waals surface area (Å²) in [5.74, 6) is 1.48. The number of piperidine rings is 1. The van der Waals surface area contributed by atoms with Crippen LogP contribution in [0.4, 0.5) is 0 Å². The molecule has 2 N–H and O–H groups in total. The van der Waals surface area contributed by atoms with Crippen LogP contribution in [0, 0.1) is 0 Å². The molecule has 1 amide bonds. The lowest BCUT2D eigenvalue weighted by molar-refractivity contribution is 0.0933. The number of H-pyrrole nitrogens is 1. The molecule has 0 bridgehead atoms. The standard InChI is InChI=1S/C20H30N6O/c1-2-26-11-9-21-19(26)14-25-10-5-6-15(13-25)17-12-18(24-23-17)20(27)22-16-7-3-4-8-16/h9,11-12,15-16H,2-8,10,13-14H2,1H3,(H,22,27)(H,23,24). The number of hydrogen-bond acceptors (Lipinski definition) is 4. The zero-order valence-corrected chi connectivity index (χ0v) is 16.2. The second-order valence-electron chi connectivity index (χ2n) is 7.87. The molecule has 0 radical (unpaired) electrons. The highest BCUT2D eigenvalue weighted by molar-refractivity contribution is 5.92. The third-order valence-electron chi connectivity index (χ3n) is 5.97. The Morgan fingerprint density at radius 2 is 2.15 bits per heavy atom. The molecule has 2 aromatic rings. The number of carbonyl (C=O) groups is 1. The number of nitrogens with zero attached hydrogens (tertiary/aromatic N) is 4. The predicted molar refractivity (Wildman–Crippen MR) is 103 cm³/mol. The fourth-order valence-corrected chi connectivity index (χ4v) is 4.42. The van der Waals surface area contributed by atoms with Gasteiger partial charge in [-0.25, -0.2) is 4.98 Å². The quantitative estimate of drug-likeness (QED) is 0.819. The number of rotatable bonds is 6. The van der Waals surface area contributed by atoms with Crippen LogP contribution >= 0.6 is 0 Å². The van der Waals surface area contributed by atoms with Gasteiger partial charge in [0.2, 0.25) is 0 Å². The Labute approximate surface area is 160 Å². The molecule has 3 heterocycles. The van der Waals surface area contributed by atoms with Gasteiger partial charge in [0.1, 0.15) is 11.5 Å². The van der Waals surface area contributed by atoms with Gasteiger partial charge in [0.25, 0.3) is 5.91 Å². The van der Waals surface area contributed by atoms with Gasteiger partial charge in [-0.3, -0.25) is 14.8 Å². The minimum Gasteiger partial charge on any atom is -0.348 e. The van der Waals surface area contributed by atoms with E-state index in [-0.39, 0.29) is 5.91 Å². The van der Waals surface area contributed by atoms with Gasteiger partial charge in [0.05, 0.1) is 6.54 Å². The van der Waals surface area contributed by atoms with Gasteiger partial charge in [-0.05, 0) is 45.2 Å². The third-order valence-corrected chi connectivity index (χ3v) is 5.97. The number of aromatic amines is 1. The van der Waals surface area contributed by atoms with E-state index in [1.165, 1.54) is 12.8 Å². The molecule has 1 unspecified atom stereocenters. The zero-order chi connectivity index (χ0) is 18.6. The van der Waals surface area contributed by atoms with Crippen LogP contribution in [-0.2, 0) is 13.1 Å². The summed E-state index contributed by atoms with van der Waals surface area (Å²) >= 11 is 0. The molecule has 0 aromatic carbocycles. The number of hydrogen-bond donors (Lipinski definition) is 2. The first-order valence-electron chi connectivity index (χ1n) is 10.3. The maximum absolute atomic E-state index is 12.4. The van der Waals surface area contributed by atoms with E-state index in [1.54, 1.807) is 0 Å². The van der Waals surface area contributed by atoms with Gasteiger partial charge < -0.3 is 9.88 Å². The van der Waals surface area contributed by atoms with Crippen molar-refractivity contribution in [3.8, 4) is 0 Å². The van der Waals surface area contributed by atoms with Gasteiger partial charge in [0.15, 0.2) is 0 Å². The molecular formula is C20H30N6O. The number of imidazole rings is 1. The summed E-state index contributed by atoms with van der Waals surface area (Å²) in [6, 6.07) is 2.27. The normalized spacial score (nSPS) is 21.6. The van der Waals surface area contributed by atoms with Crippen LogP contribution in [0.25, 0.3) is 0 Å². The van der Waals surface area contributed by atoms with Gasteiger partial charge in [-0.15, -0.1) is 0 Å². The van der Waals surface area contributed by atoms with Crippen LogP contribution in [0.15, 0.2) is 18.5 Å². The van der Waals surface area contributed by atoms with E-state index >= 15 is 0 Å². The number of nitrogens with one attached hydrogen (secondary N) is 2. The Morgan fingerprint density at radius 3 is 2.96 bits per heavy atom. The lowest BCUT2D eigenvalue weighted by Gasteiger charge is -2.31. The molecule has 2 aliphatic rings. The van der Waals surface area contributed by atoms with Crippen molar-refractivity contribution in [3.63, 3.8) is 0 Å². The van der Waals surface area contributed by atoms with E-state index in [1.807, 2.05) is 18.5 Å². The maximum atomic E-state index is 12.4. The lowest BCUT2D eigenvalue weighted by Crippen LogP contribution is -2.35. The average Bonchev–Trinajstić information content (AvgIpc) is 3.43. The molecule has 1 saturated heterocycles. The van der Waals surface area contributed by atoms with Crippen molar-refractivity contribution in [1.29, 1.82) is 0 Å². The molecule has 7 heteroatoms. The summed E-state index contributed by atoms with van der Waals surface area (Å²) in [5.41, 5.74) is 1.60. The smallest absolute Gasteiger partial charge is 0.271 e. The number of aromatic nitrogens is 4. The van der Waals surface area contributed by atoms with Crippen LogP contribution < -0.4 is 5.32 Å². The second kappa shape index (κ2) is 8.25. The van der Waals surface area contributed by atoms with Gasteiger partial charge >= 0.3 is 0 Å².